The highest BCUT2D eigenvalue weighted by molar-refractivity contribution is 6.23. The SMILES string of the molecule is CCOc1ccc(NC(=O)COC(=O)c2ccc(N3C(=O)[C@@H]4C5c6ccccc6C(c6ccccc65)[C@@H]4C3=O)cc2)cc1. The van der Waals surface area contributed by atoms with Gasteiger partial charge >= 0.3 is 5.97 Å². The predicted octanol–water partition coefficient (Wildman–Crippen LogP) is 5.28. The fourth-order valence-electron chi connectivity index (χ4n) is 6.89. The van der Waals surface area contributed by atoms with Gasteiger partial charge in [-0.05, 0) is 77.7 Å². The molecule has 3 amide bonds. The summed E-state index contributed by atoms with van der Waals surface area (Å²) in [6.45, 7) is 1.96. The average Bonchev–Trinajstić information content (AvgIpc) is 3.31. The van der Waals surface area contributed by atoms with Gasteiger partial charge in [-0.2, -0.15) is 0 Å². The number of hydrogen-bond donors (Lipinski definition) is 1. The average molecular weight is 573 g/mol. The third-order valence-corrected chi connectivity index (χ3v) is 8.59. The minimum Gasteiger partial charge on any atom is -0.494 e. The Morgan fingerprint density at radius 1 is 0.721 bits per heavy atom. The number of imide groups is 1. The topological polar surface area (TPSA) is 102 Å². The van der Waals surface area contributed by atoms with E-state index < -0.39 is 30.3 Å². The van der Waals surface area contributed by atoms with E-state index in [0.29, 0.717) is 23.7 Å². The largest absolute Gasteiger partial charge is 0.494 e. The van der Waals surface area contributed by atoms with Gasteiger partial charge in [-0.3, -0.25) is 14.4 Å². The van der Waals surface area contributed by atoms with Gasteiger partial charge in [0.15, 0.2) is 6.61 Å². The number of amides is 3. The van der Waals surface area contributed by atoms with Crippen LogP contribution in [0.5, 0.6) is 5.75 Å². The van der Waals surface area contributed by atoms with Crippen LogP contribution in [0.2, 0.25) is 0 Å². The molecule has 0 spiro atoms. The van der Waals surface area contributed by atoms with E-state index in [1.807, 2.05) is 31.2 Å². The summed E-state index contributed by atoms with van der Waals surface area (Å²) < 4.78 is 10.6. The van der Waals surface area contributed by atoms with E-state index in [0.717, 1.165) is 22.3 Å². The lowest BCUT2D eigenvalue weighted by Gasteiger charge is -2.45. The summed E-state index contributed by atoms with van der Waals surface area (Å²) in [5, 5.41) is 2.67. The summed E-state index contributed by atoms with van der Waals surface area (Å²) in [5.41, 5.74) is 5.60. The normalized spacial score (nSPS) is 21.1. The van der Waals surface area contributed by atoms with Crippen LogP contribution in [0.25, 0.3) is 0 Å². The number of nitrogens with one attached hydrogen (secondary N) is 1. The second-order valence-electron chi connectivity index (χ2n) is 10.9. The van der Waals surface area contributed by atoms with E-state index in [9.17, 15) is 19.2 Å². The first-order chi connectivity index (χ1) is 21.0. The van der Waals surface area contributed by atoms with Crippen LogP contribution in [0, 0.1) is 11.8 Å². The van der Waals surface area contributed by atoms with Crippen molar-refractivity contribution >= 4 is 35.1 Å². The Balaban J connectivity index is 1.05. The van der Waals surface area contributed by atoms with E-state index in [1.54, 1.807) is 36.4 Å². The number of benzene rings is 4. The van der Waals surface area contributed by atoms with Gasteiger partial charge in [0.25, 0.3) is 5.91 Å². The summed E-state index contributed by atoms with van der Waals surface area (Å²) >= 11 is 0. The Hall–Kier alpha value is -5.24. The predicted molar refractivity (Wildman–Crippen MR) is 159 cm³/mol. The Morgan fingerprint density at radius 3 is 1.72 bits per heavy atom. The molecule has 214 valence electrons. The molecule has 8 heteroatoms. The quantitative estimate of drug-likeness (QED) is 0.239. The zero-order chi connectivity index (χ0) is 29.7. The number of nitrogens with zero attached hydrogens (tertiary/aromatic N) is 1. The molecule has 4 aromatic carbocycles. The van der Waals surface area contributed by atoms with Gasteiger partial charge in [-0.25, -0.2) is 9.69 Å². The third-order valence-electron chi connectivity index (χ3n) is 8.59. The van der Waals surface area contributed by atoms with Crippen molar-refractivity contribution in [1.29, 1.82) is 0 Å². The van der Waals surface area contributed by atoms with Crippen LogP contribution in [0.1, 0.15) is 51.4 Å². The lowest BCUT2D eigenvalue weighted by molar-refractivity contribution is -0.122. The zero-order valence-corrected chi connectivity index (χ0v) is 23.4. The number of ether oxygens (including phenoxy) is 2. The van der Waals surface area contributed by atoms with Crippen molar-refractivity contribution in [3.63, 3.8) is 0 Å². The molecule has 0 saturated carbocycles. The molecule has 4 aromatic rings. The molecule has 4 aliphatic rings. The number of anilines is 2. The summed E-state index contributed by atoms with van der Waals surface area (Å²) in [6, 6.07) is 29.2. The fraction of sp³-hybridized carbons (Fsp3) is 0.200. The summed E-state index contributed by atoms with van der Waals surface area (Å²) in [5.74, 6) is -2.29. The van der Waals surface area contributed by atoms with Crippen LogP contribution < -0.4 is 15.0 Å². The van der Waals surface area contributed by atoms with Gasteiger partial charge in [0.2, 0.25) is 11.8 Å². The van der Waals surface area contributed by atoms with Crippen molar-refractivity contribution in [2.75, 3.05) is 23.4 Å². The van der Waals surface area contributed by atoms with E-state index >= 15 is 0 Å². The maximum Gasteiger partial charge on any atom is 0.338 e. The minimum absolute atomic E-state index is 0.188. The first-order valence-electron chi connectivity index (χ1n) is 14.3. The fourth-order valence-corrected chi connectivity index (χ4v) is 6.89. The van der Waals surface area contributed by atoms with E-state index in [4.69, 9.17) is 9.47 Å². The Labute approximate surface area is 248 Å². The first kappa shape index (κ1) is 26.6. The molecule has 0 unspecified atom stereocenters. The number of carbonyl (C=O) groups excluding carboxylic acids is 4. The second kappa shape index (κ2) is 10.5. The molecule has 0 aromatic heterocycles. The highest BCUT2D eigenvalue weighted by atomic mass is 16.5. The maximum absolute atomic E-state index is 13.9. The molecule has 3 aliphatic carbocycles. The molecule has 0 radical (unpaired) electrons. The number of rotatable bonds is 7. The van der Waals surface area contributed by atoms with Crippen LogP contribution in [-0.2, 0) is 19.1 Å². The molecule has 1 aliphatic heterocycles. The van der Waals surface area contributed by atoms with Gasteiger partial charge in [0.05, 0.1) is 29.7 Å². The van der Waals surface area contributed by atoms with Crippen molar-refractivity contribution in [3.8, 4) is 5.75 Å². The van der Waals surface area contributed by atoms with Gasteiger partial charge in [0, 0.05) is 17.5 Å². The molecule has 43 heavy (non-hydrogen) atoms. The van der Waals surface area contributed by atoms with Crippen molar-refractivity contribution < 1.29 is 28.7 Å². The lowest BCUT2D eigenvalue weighted by atomic mass is 9.55. The van der Waals surface area contributed by atoms with E-state index in [1.165, 1.54) is 17.0 Å². The number of esters is 1. The van der Waals surface area contributed by atoms with E-state index in [2.05, 4.69) is 29.6 Å². The lowest BCUT2D eigenvalue weighted by Crippen LogP contribution is -2.41. The Kier molecular flexibility index (Phi) is 6.54. The summed E-state index contributed by atoms with van der Waals surface area (Å²) in [7, 11) is 0. The molecule has 1 saturated heterocycles. The molecular weight excluding hydrogens is 544 g/mol. The van der Waals surface area contributed by atoms with Crippen LogP contribution >= 0.6 is 0 Å². The molecule has 1 fully saturated rings. The van der Waals surface area contributed by atoms with Crippen molar-refractivity contribution in [3.05, 3.63) is 125 Å². The number of hydrogen-bond acceptors (Lipinski definition) is 6. The van der Waals surface area contributed by atoms with Gasteiger partial charge in [-0.1, -0.05) is 48.5 Å². The molecule has 8 rings (SSSR count). The van der Waals surface area contributed by atoms with Crippen LogP contribution in [-0.4, -0.2) is 36.9 Å². The van der Waals surface area contributed by atoms with Crippen LogP contribution in [0.3, 0.4) is 0 Å². The molecule has 8 nitrogen and oxygen atoms in total. The van der Waals surface area contributed by atoms with E-state index in [-0.39, 0.29) is 29.2 Å². The minimum atomic E-state index is -0.690. The molecule has 1 heterocycles. The standard InChI is InChI=1S/C35H28N2O6/c1-2-42-23-17-13-21(14-18-23)36-28(38)19-43-35(41)20-11-15-22(16-12-20)37-33(39)31-29-24-7-3-4-8-25(24)30(32(31)34(37)40)27-10-6-5-9-26(27)29/h3-18,29-32H,2,19H2,1H3,(H,36,38)/t29?,30?,31-,32+. The Bertz CT molecular complexity index is 1650. The van der Waals surface area contributed by atoms with Crippen LogP contribution in [0.4, 0.5) is 11.4 Å². The van der Waals surface area contributed by atoms with Crippen LogP contribution in [0.15, 0.2) is 97.1 Å². The molecule has 2 bridgehead atoms. The second-order valence-corrected chi connectivity index (χ2v) is 10.9. The zero-order valence-electron chi connectivity index (χ0n) is 23.4. The third kappa shape index (κ3) is 4.37. The highest BCUT2D eigenvalue weighted by Crippen LogP contribution is 2.61. The Morgan fingerprint density at radius 2 is 1.23 bits per heavy atom. The molecular formula is C35H28N2O6. The maximum atomic E-state index is 13.9. The van der Waals surface area contributed by atoms with Gasteiger partial charge in [-0.15, -0.1) is 0 Å². The van der Waals surface area contributed by atoms with Crippen molar-refractivity contribution in [2.45, 2.75) is 18.8 Å². The molecule has 2 atom stereocenters. The van der Waals surface area contributed by atoms with Gasteiger partial charge in [0.1, 0.15) is 5.75 Å². The van der Waals surface area contributed by atoms with Crippen molar-refractivity contribution in [2.24, 2.45) is 11.8 Å². The monoisotopic (exact) mass is 572 g/mol. The van der Waals surface area contributed by atoms with Crippen molar-refractivity contribution in [1.82, 2.24) is 0 Å². The summed E-state index contributed by atoms with van der Waals surface area (Å²) in [6.07, 6.45) is 0. The first-order valence-corrected chi connectivity index (χ1v) is 14.3. The smallest absolute Gasteiger partial charge is 0.338 e. The highest BCUT2D eigenvalue weighted by Gasteiger charge is 2.61. The van der Waals surface area contributed by atoms with Gasteiger partial charge < -0.3 is 14.8 Å². The summed E-state index contributed by atoms with van der Waals surface area (Å²) in [4.78, 5) is 54.1. The molecule has 1 N–H and O–H groups in total. The number of carbonyl (C=O) groups is 4.